The Balaban J connectivity index is 0.000000175. The van der Waals surface area contributed by atoms with Crippen LogP contribution in [-0.2, 0) is 28.7 Å². The van der Waals surface area contributed by atoms with Gasteiger partial charge in [0.2, 0.25) is 5.91 Å². The number of carbonyl (C=O) groups excluding carboxylic acids is 7. The normalized spacial score (nSPS) is 12.5. The first-order valence-corrected chi connectivity index (χ1v) is 22.4. The van der Waals surface area contributed by atoms with Gasteiger partial charge in [-0.1, -0.05) is 0 Å². The van der Waals surface area contributed by atoms with Gasteiger partial charge in [-0.05, 0) is 103 Å². The number of ether oxygens (including phenoxy) is 6. The molecule has 0 unspecified atom stereocenters. The molecule has 4 aliphatic heterocycles. The van der Waals surface area contributed by atoms with Crippen LogP contribution in [0.25, 0.3) is 0 Å². The van der Waals surface area contributed by atoms with Crippen LogP contribution in [0.5, 0.6) is 34.5 Å². The number of carboxylic acids is 2. The highest BCUT2D eigenvalue weighted by molar-refractivity contribution is 6.00. The molecule has 6 aromatic rings. The molecule has 0 aromatic heterocycles. The van der Waals surface area contributed by atoms with Crippen LogP contribution in [0.3, 0.4) is 0 Å². The predicted molar refractivity (Wildman–Crippen MR) is 277 cm³/mol. The summed E-state index contributed by atoms with van der Waals surface area (Å²) in [5.41, 5.74) is 20.1. The van der Waals surface area contributed by atoms with Crippen molar-refractivity contribution in [1.29, 1.82) is 5.26 Å². The molecular weight excluding hydrogens is 1040 g/mol. The number of nitriles is 1. The molecule has 14 N–H and O–H groups in total. The number of amides is 5. The Kier molecular flexibility index (Phi) is 20.0. The van der Waals surface area contributed by atoms with Gasteiger partial charge in [0.15, 0.2) is 26.4 Å². The molecule has 27 nitrogen and oxygen atoms in total. The zero-order valence-electron chi connectivity index (χ0n) is 41.3. The third-order valence-electron chi connectivity index (χ3n) is 10.3. The van der Waals surface area contributed by atoms with E-state index in [9.17, 15) is 43.2 Å². The fraction of sp³-hybridized carbons (Fsp3) is 0.115. The lowest BCUT2D eigenvalue weighted by Crippen LogP contribution is -2.25. The lowest BCUT2D eigenvalue weighted by atomic mass is 10.1. The van der Waals surface area contributed by atoms with Crippen molar-refractivity contribution in [2.45, 2.75) is 0 Å². The minimum Gasteiger partial charge on any atom is -0.506 e. The largest absolute Gasteiger partial charge is 0.506 e. The van der Waals surface area contributed by atoms with E-state index in [4.69, 9.17) is 61.8 Å². The second kappa shape index (κ2) is 27.1. The van der Waals surface area contributed by atoms with Crippen LogP contribution < -0.4 is 57.4 Å². The Labute approximate surface area is 445 Å². The molecule has 10 rings (SSSR count). The van der Waals surface area contributed by atoms with Crippen LogP contribution in [-0.4, -0.2) is 114 Å². The Morgan fingerprint density at radius 3 is 1.16 bits per heavy atom. The number of nitrogens with one attached hydrogen (secondary N) is 4. The standard InChI is InChI=1S/C10H9NO4.C9H8N2O3.C9H6N2O2.C9H7NO4.C8H9NO3.C7H7NO3/c1-14-10(13)6-2-3-7-8(4-6)15-5-9(12)11-7;10-9(13)5-1-2-6-7(3-5)14-4-8(12)11-6;10-4-6-1-2-7-8(3-6)13-5-9(12)11-7;11-8-4-14-7-3-5(9(12)13)1-2-6(7)10-8;1-12-8(11)5-2-3-6(9)7(10)4-5;8-5-2-1-4(7(10)11)3-6(5)9/h2-4H,5H2,1H3,(H,11,12);1-3H,4H2,(H2,10,13)(H,11,12);1-3H,5H2,(H,11,12);1-3H,4H2,(H,10,11)(H,12,13);2-4,10H,9H2,1H3;1-3,9H,8H2,(H,10,11). The molecule has 4 heterocycles. The number of rotatable bonds is 5. The molecule has 0 atom stereocenters. The van der Waals surface area contributed by atoms with Gasteiger partial charge < -0.3 is 87.3 Å². The first kappa shape index (κ1) is 58.3. The summed E-state index contributed by atoms with van der Waals surface area (Å²) in [6, 6.07) is 28.5. The first-order chi connectivity index (χ1) is 37.6. The third-order valence-corrected chi connectivity index (χ3v) is 10.3. The summed E-state index contributed by atoms with van der Waals surface area (Å²) in [5.74, 6) is -2.77. The molecule has 5 amide bonds. The van der Waals surface area contributed by atoms with E-state index < -0.39 is 29.8 Å². The van der Waals surface area contributed by atoms with Crippen molar-refractivity contribution in [3.63, 3.8) is 0 Å². The number of esters is 2. The quantitative estimate of drug-likeness (QED) is 0.0661. The van der Waals surface area contributed by atoms with Crippen molar-refractivity contribution in [1.82, 2.24) is 0 Å². The number of primary amides is 1. The molecule has 0 aliphatic carbocycles. The number of nitrogens with zero attached hydrogens (tertiary/aromatic N) is 1. The van der Waals surface area contributed by atoms with Crippen LogP contribution >= 0.6 is 0 Å². The number of carboxylic acid groups (broad SMARTS) is 2. The summed E-state index contributed by atoms with van der Waals surface area (Å²) in [7, 11) is 2.58. The van der Waals surface area contributed by atoms with Gasteiger partial charge in [-0.15, -0.1) is 0 Å². The van der Waals surface area contributed by atoms with Crippen molar-refractivity contribution in [3.8, 4) is 40.6 Å². The summed E-state index contributed by atoms with van der Waals surface area (Å²) < 4.78 is 29.4. The van der Waals surface area contributed by atoms with E-state index in [-0.39, 0.29) is 89.6 Å². The second-order valence-electron chi connectivity index (χ2n) is 15.8. The summed E-state index contributed by atoms with van der Waals surface area (Å²) >= 11 is 0. The monoisotopic (exact) mass is 1090 g/mol. The van der Waals surface area contributed by atoms with Gasteiger partial charge in [0.05, 0.1) is 82.2 Å². The zero-order chi connectivity index (χ0) is 57.9. The first-order valence-electron chi connectivity index (χ1n) is 22.4. The summed E-state index contributed by atoms with van der Waals surface area (Å²) in [6.45, 7) is -0.120. The number of aromatic hydroxyl groups is 2. The molecule has 4 aliphatic rings. The SMILES string of the molecule is COC(=O)c1ccc(N)c(O)c1.COC(=O)c1ccc2c(c1)OCC(=O)N2.N#Cc1ccc2c(c1)OCC(=O)N2.NC(=O)c1ccc2c(c1)OCC(=O)N2.Nc1ccc(C(=O)O)cc1O.O=C1COc2cc(C(=O)O)ccc2N1. The number of phenolic OH excluding ortho intramolecular Hbond substituents is 2. The average molecular weight is 1090 g/mol. The maximum atomic E-state index is 11.2. The van der Waals surface area contributed by atoms with Gasteiger partial charge in [0, 0.05) is 11.6 Å². The minimum atomic E-state index is -1.08. The molecule has 27 heteroatoms. The Hall–Kier alpha value is -11.6. The van der Waals surface area contributed by atoms with Crippen molar-refractivity contribution < 1.29 is 92.0 Å². The number of fused-ring (bicyclic) bond motifs is 4. The zero-order valence-corrected chi connectivity index (χ0v) is 41.3. The van der Waals surface area contributed by atoms with Crippen molar-refractivity contribution in [3.05, 3.63) is 143 Å². The molecule has 0 fully saturated rings. The lowest BCUT2D eigenvalue weighted by molar-refractivity contribution is -0.119. The van der Waals surface area contributed by atoms with Gasteiger partial charge in [-0.25, -0.2) is 19.2 Å². The summed E-state index contributed by atoms with van der Waals surface area (Å²) in [6.07, 6.45) is 0. The molecule has 0 radical (unpaired) electrons. The Bertz CT molecular complexity index is 3330. The second-order valence-corrected chi connectivity index (χ2v) is 15.8. The van der Waals surface area contributed by atoms with Gasteiger partial charge >= 0.3 is 23.9 Å². The molecule has 79 heavy (non-hydrogen) atoms. The predicted octanol–water partition coefficient (Wildman–Crippen LogP) is 3.96. The molecule has 0 saturated heterocycles. The van der Waals surface area contributed by atoms with Crippen LogP contribution in [0.15, 0.2) is 109 Å². The number of methoxy groups -OCH3 is 2. The van der Waals surface area contributed by atoms with Crippen LogP contribution in [0.1, 0.15) is 57.4 Å². The number of aromatic carboxylic acids is 2. The maximum Gasteiger partial charge on any atom is 0.337 e. The molecule has 6 aromatic carbocycles. The Morgan fingerprint density at radius 1 is 0.481 bits per heavy atom. The van der Waals surface area contributed by atoms with E-state index in [1.54, 1.807) is 42.5 Å². The molecule has 0 spiro atoms. The van der Waals surface area contributed by atoms with Gasteiger partial charge in [-0.3, -0.25) is 24.0 Å². The van der Waals surface area contributed by atoms with E-state index in [1.807, 2.05) is 6.07 Å². The fourth-order valence-electron chi connectivity index (χ4n) is 6.36. The lowest BCUT2D eigenvalue weighted by Gasteiger charge is -2.17. The minimum absolute atomic E-state index is 0.0158. The highest BCUT2D eigenvalue weighted by atomic mass is 16.5. The average Bonchev–Trinajstić information content (AvgIpc) is 3.45. The fourth-order valence-corrected chi connectivity index (χ4v) is 6.36. The number of hydrogen-bond donors (Lipinski definition) is 11. The topological polar surface area (TPSA) is 440 Å². The van der Waals surface area contributed by atoms with Gasteiger partial charge in [0.25, 0.3) is 23.6 Å². The summed E-state index contributed by atoms with van der Waals surface area (Å²) in [5, 5.41) is 54.3. The Morgan fingerprint density at radius 2 is 0.785 bits per heavy atom. The third kappa shape index (κ3) is 16.7. The number of phenols is 2. The highest BCUT2D eigenvalue weighted by Gasteiger charge is 2.21. The van der Waals surface area contributed by atoms with Gasteiger partial charge in [0.1, 0.15) is 34.5 Å². The van der Waals surface area contributed by atoms with Crippen molar-refractivity contribution >= 4 is 87.5 Å². The van der Waals surface area contributed by atoms with E-state index in [2.05, 4.69) is 30.7 Å². The van der Waals surface area contributed by atoms with Gasteiger partial charge in [-0.2, -0.15) is 5.26 Å². The maximum absolute atomic E-state index is 11.2. The van der Waals surface area contributed by atoms with Crippen LogP contribution in [0.2, 0.25) is 0 Å². The van der Waals surface area contributed by atoms with Crippen molar-refractivity contribution in [2.75, 3.05) is 73.4 Å². The number of nitrogen functional groups attached to an aromatic ring is 2. The number of nitrogens with two attached hydrogens (primary N) is 3. The smallest absolute Gasteiger partial charge is 0.337 e. The van der Waals surface area contributed by atoms with E-state index in [0.29, 0.717) is 62.4 Å². The number of anilines is 6. The molecular formula is C52H46N8O19. The molecule has 0 saturated carbocycles. The number of benzene rings is 6. The van der Waals surface area contributed by atoms with E-state index in [0.717, 1.165) is 6.07 Å². The van der Waals surface area contributed by atoms with E-state index in [1.165, 1.54) is 74.9 Å². The van der Waals surface area contributed by atoms with Crippen LogP contribution in [0, 0.1) is 11.3 Å². The van der Waals surface area contributed by atoms with Crippen molar-refractivity contribution in [2.24, 2.45) is 5.73 Å². The number of hydrogen-bond acceptors (Lipinski definition) is 20. The number of carbonyl (C=O) groups is 9. The molecule has 408 valence electrons. The molecule has 0 bridgehead atoms. The van der Waals surface area contributed by atoms with Crippen LogP contribution in [0.4, 0.5) is 34.1 Å². The highest BCUT2D eigenvalue weighted by Crippen LogP contribution is 2.31. The van der Waals surface area contributed by atoms with E-state index >= 15 is 0 Å². The summed E-state index contributed by atoms with van der Waals surface area (Å²) in [4.78, 5) is 97.5.